The van der Waals surface area contributed by atoms with Crippen LogP contribution < -0.4 is 15.4 Å². The van der Waals surface area contributed by atoms with Crippen molar-refractivity contribution >= 4 is 28.3 Å². The Morgan fingerprint density at radius 2 is 2.04 bits per heavy atom. The van der Waals surface area contributed by atoms with Crippen molar-refractivity contribution in [3.8, 4) is 0 Å². The highest BCUT2D eigenvalue weighted by Crippen LogP contribution is 2.28. The predicted molar refractivity (Wildman–Crippen MR) is 90.9 cm³/mol. The number of methoxy groups -OCH3 is 1. The highest BCUT2D eigenvalue weighted by atomic mass is 35.5. The molecule has 0 radical (unpaired) electrons. The summed E-state index contributed by atoms with van der Waals surface area (Å²) in [6.07, 6.45) is 1.80. The lowest BCUT2D eigenvalue weighted by Crippen LogP contribution is -2.47. The molecule has 10 heteroatoms. The van der Waals surface area contributed by atoms with Crippen LogP contribution in [0.1, 0.15) is 23.4 Å². The smallest absolute Gasteiger partial charge is 0.287 e. The van der Waals surface area contributed by atoms with E-state index in [-0.39, 0.29) is 28.7 Å². The van der Waals surface area contributed by atoms with Gasteiger partial charge in [-0.05, 0) is 45.1 Å². The molecule has 0 bridgehead atoms. The van der Waals surface area contributed by atoms with Gasteiger partial charge in [-0.15, -0.1) is 12.4 Å². The summed E-state index contributed by atoms with van der Waals surface area (Å²) in [5.74, 6) is -0.461. The highest BCUT2D eigenvalue weighted by molar-refractivity contribution is 7.89. The van der Waals surface area contributed by atoms with Gasteiger partial charge in [-0.3, -0.25) is 4.79 Å². The van der Waals surface area contributed by atoms with Crippen LogP contribution in [-0.4, -0.2) is 54.7 Å². The molecule has 1 aromatic rings. The minimum Gasteiger partial charge on any atom is -0.438 e. The van der Waals surface area contributed by atoms with Crippen molar-refractivity contribution in [1.29, 1.82) is 0 Å². The van der Waals surface area contributed by atoms with Crippen molar-refractivity contribution in [2.45, 2.75) is 17.9 Å². The molecule has 138 valence electrons. The molecule has 8 nitrogen and oxygen atoms in total. The van der Waals surface area contributed by atoms with Gasteiger partial charge in [-0.1, -0.05) is 0 Å². The molecule has 1 amide bonds. The third-order valence-electron chi connectivity index (χ3n) is 4.08. The molecule has 1 aliphatic heterocycles. The summed E-state index contributed by atoms with van der Waals surface area (Å²) in [7, 11) is -0.765. The summed E-state index contributed by atoms with van der Waals surface area (Å²) in [6.45, 7) is 2.78. The van der Waals surface area contributed by atoms with Gasteiger partial charge in [0.25, 0.3) is 15.9 Å². The minimum absolute atomic E-state index is 0. The van der Waals surface area contributed by atoms with Crippen LogP contribution in [-0.2, 0) is 14.8 Å². The summed E-state index contributed by atoms with van der Waals surface area (Å²) in [5.41, 5.74) is -0.109. The Morgan fingerprint density at radius 1 is 1.38 bits per heavy atom. The summed E-state index contributed by atoms with van der Waals surface area (Å²) in [4.78, 5) is 12.2. The van der Waals surface area contributed by atoms with Crippen LogP contribution in [0.2, 0.25) is 0 Å². The number of halogens is 1. The second-order valence-electron chi connectivity index (χ2n) is 5.69. The number of rotatable bonds is 7. The Kier molecular flexibility index (Phi) is 7.68. The number of furan rings is 1. The fourth-order valence-corrected chi connectivity index (χ4v) is 3.33. The number of ether oxygens (including phenoxy) is 1. The summed E-state index contributed by atoms with van der Waals surface area (Å²) in [6, 6.07) is 2.61. The van der Waals surface area contributed by atoms with E-state index < -0.39 is 15.9 Å². The number of hydrogen-bond acceptors (Lipinski definition) is 6. The zero-order chi connectivity index (χ0) is 16.9. The maximum absolute atomic E-state index is 12.2. The molecule has 2 heterocycles. The molecular formula is C14H24ClN3O5S. The largest absolute Gasteiger partial charge is 0.438 e. The molecule has 3 N–H and O–H groups in total. The number of nitrogens with one attached hydrogen (secondary N) is 3. The molecule has 1 fully saturated rings. The highest BCUT2D eigenvalue weighted by Gasteiger charge is 2.33. The first kappa shape index (κ1) is 20.9. The van der Waals surface area contributed by atoms with Crippen LogP contribution in [0.15, 0.2) is 21.6 Å². The van der Waals surface area contributed by atoms with E-state index in [2.05, 4.69) is 15.4 Å². The molecule has 1 aromatic heterocycles. The number of hydrogen-bond donors (Lipinski definition) is 3. The SMILES string of the molecule is CNS(=O)(=O)c1ccc(C(=O)NCC2(COC)CCNCC2)o1.Cl. The quantitative estimate of drug-likeness (QED) is 0.629. The van der Waals surface area contributed by atoms with Gasteiger partial charge in [0.15, 0.2) is 5.76 Å². The molecule has 2 rings (SSSR count). The van der Waals surface area contributed by atoms with Crippen LogP contribution in [0.3, 0.4) is 0 Å². The number of amides is 1. The van der Waals surface area contributed by atoms with Gasteiger partial charge in [0.1, 0.15) is 0 Å². The first-order chi connectivity index (χ1) is 10.9. The summed E-state index contributed by atoms with van der Waals surface area (Å²) >= 11 is 0. The predicted octanol–water partition coefficient (Wildman–Crippen LogP) is 0.356. The molecule has 0 unspecified atom stereocenters. The molecular weight excluding hydrogens is 358 g/mol. The molecule has 0 saturated carbocycles. The Morgan fingerprint density at radius 3 is 2.62 bits per heavy atom. The van der Waals surface area contributed by atoms with Crippen LogP contribution in [0, 0.1) is 5.41 Å². The van der Waals surface area contributed by atoms with E-state index in [0.717, 1.165) is 25.9 Å². The molecule has 1 aliphatic rings. The van der Waals surface area contributed by atoms with Crippen LogP contribution >= 0.6 is 12.4 Å². The third kappa shape index (κ3) is 4.93. The zero-order valence-electron chi connectivity index (χ0n) is 13.8. The summed E-state index contributed by atoms with van der Waals surface area (Å²) in [5, 5.41) is 5.83. The first-order valence-corrected chi connectivity index (χ1v) is 8.92. The first-order valence-electron chi connectivity index (χ1n) is 7.44. The average molecular weight is 382 g/mol. The number of piperidine rings is 1. The van der Waals surface area contributed by atoms with E-state index in [9.17, 15) is 13.2 Å². The van der Waals surface area contributed by atoms with Crippen molar-refractivity contribution in [2.75, 3.05) is 40.4 Å². The molecule has 1 saturated heterocycles. The van der Waals surface area contributed by atoms with Crippen molar-refractivity contribution in [1.82, 2.24) is 15.4 Å². The lowest BCUT2D eigenvalue weighted by molar-refractivity contribution is 0.0505. The topological polar surface area (TPSA) is 110 Å². The molecule has 24 heavy (non-hydrogen) atoms. The normalized spacial score (nSPS) is 17.1. The van der Waals surface area contributed by atoms with Gasteiger partial charge in [-0.25, -0.2) is 13.1 Å². The molecule has 0 aliphatic carbocycles. The van der Waals surface area contributed by atoms with Gasteiger partial charge in [-0.2, -0.15) is 0 Å². The maximum atomic E-state index is 12.2. The van der Waals surface area contributed by atoms with Gasteiger partial charge in [0, 0.05) is 19.1 Å². The summed E-state index contributed by atoms with van der Waals surface area (Å²) < 4.78 is 35.8. The van der Waals surface area contributed by atoms with Gasteiger partial charge in [0.05, 0.1) is 6.61 Å². The van der Waals surface area contributed by atoms with Crippen LogP contribution in [0.4, 0.5) is 0 Å². The molecule has 0 spiro atoms. The Hall–Kier alpha value is -1.13. The van der Waals surface area contributed by atoms with Crippen molar-refractivity contribution in [3.63, 3.8) is 0 Å². The minimum atomic E-state index is -3.69. The van der Waals surface area contributed by atoms with Crippen LogP contribution in [0.5, 0.6) is 0 Å². The number of carbonyl (C=O) groups excluding carboxylic acids is 1. The van der Waals surface area contributed by atoms with Crippen molar-refractivity contribution < 1.29 is 22.4 Å². The Bertz CT molecular complexity index is 635. The number of carbonyl (C=O) groups is 1. The van der Waals surface area contributed by atoms with E-state index in [1.807, 2.05) is 0 Å². The maximum Gasteiger partial charge on any atom is 0.287 e. The van der Waals surface area contributed by atoms with E-state index >= 15 is 0 Å². The van der Waals surface area contributed by atoms with E-state index in [1.165, 1.54) is 19.2 Å². The fourth-order valence-electron chi connectivity index (χ4n) is 2.68. The van der Waals surface area contributed by atoms with Gasteiger partial charge in [0.2, 0.25) is 5.09 Å². The second kappa shape index (κ2) is 8.82. The molecule has 0 aromatic carbocycles. The lowest BCUT2D eigenvalue weighted by Gasteiger charge is -2.37. The van der Waals surface area contributed by atoms with E-state index in [1.54, 1.807) is 7.11 Å². The Balaban J connectivity index is 0.00000288. The van der Waals surface area contributed by atoms with Gasteiger partial charge < -0.3 is 19.8 Å². The second-order valence-corrected chi connectivity index (χ2v) is 7.51. The average Bonchev–Trinajstić information content (AvgIpc) is 3.05. The zero-order valence-corrected chi connectivity index (χ0v) is 15.4. The molecule has 0 atom stereocenters. The van der Waals surface area contributed by atoms with Crippen molar-refractivity contribution in [3.05, 3.63) is 17.9 Å². The standard InChI is InChI=1S/C14H23N3O5S.ClH/c1-15-23(19,20)12-4-3-11(22-12)13(18)17-9-14(10-21-2)5-7-16-8-6-14;/h3-4,15-16H,5-10H2,1-2H3,(H,17,18);1H. The third-order valence-corrected chi connectivity index (χ3v) is 5.36. The van der Waals surface area contributed by atoms with Gasteiger partial charge >= 0.3 is 0 Å². The monoisotopic (exact) mass is 381 g/mol. The lowest BCUT2D eigenvalue weighted by atomic mass is 9.79. The van der Waals surface area contributed by atoms with E-state index in [0.29, 0.717) is 13.2 Å². The van der Waals surface area contributed by atoms with E-state index in [4.69, 9.17) is 9.15 Å². The van der Waals surface area contributed by atoms with Crippen molar-refractivity contribution in [2.24, 2.45) is 5.41 Å². The number of sulfonamides is 1. The van der Waals surface area contributed by atoms with Crippen LogP contribution in [0.25, 0.3) is 0 Å². The fraction of sp³-hybridized carbons (Fsp3) is 0.643. The Labute approximate surface area is 148 Å².